The Morgan fingerprint density at radius 3 is 2.07 bits per heavy atom. The molecule has 0 aliphatic carbocycles. The number of hydrogen-bond donors (Lipinski definition) is 0. The van der Waals surface area contributed by atoms with Gasteiger partial charge >= 0.3 is 0 Å². The minimum atomic E-state index is 0.473. The van der Waals surface area contributed by atoms with Crippen LogP contribution in [0.2, 0.25) is 0 Å². The van der Waals surface area contributed by atoms with Crippen molar-refractivity contribution in [2.24, 2.45) is 5.92 Å². The van der Waals surface area contributed by atoms with E-state index in [-0.39, 0.29) is 0 Å². The summed E-state index contributed by atoms with van der Waals surface area (Å²) in [5.74, 6) is 0.473. The molecule has 1 atom stereocenters. The van der Waals surface area contributed by atoms with Gasteiger partial charge in [0.2, 0.25) is 0 Å². The van der Waals surface area contributed by atoms with Gasteiger partial charge in [0.15, 0.2) is 0 Å². The maximum Gasteiger partial charge on any atom is 0.0805 e. The molecule has 0 N–H and O–H groups in total. The molecule has 0 amide bonds. The van der Waals surface area contributed by atoms with Crippen molar-refractivity contribution < 1.29 is 0 Å². The molecule has 1 unspecified atom stereocenters. The molecule has 0 radical (unpaired) electrons. The molecule has 0 bridgehead atoms. The van der Waals surface area contributed by atoms with E-state index in [1.807, 2.05) is 6.92 Å². The fourth-order valence-corrected chi connectivity index (χ4v) is 2.18. The summed E-state index contributed by atoms with van der Waals surface area (Å²) < 4.78 is 0.694. The zero-order chi connectivity index (χ0) is 11.3. The van der Waals surface area contributed by atoms with E-state index < -0.39 is 0 Å². The van der Waals surface area contributed by atoms with Gasteiger partial charge in [-0.1, -0.05) is 49.0 Å². The third kappa shape index (κ3) is 4.69. The van der Waals surface area contributed by atoms with Crippen LogP contribution in [-0.4, -0.2) is 0 Å². The molecule has 0 nitrogen and oxygen atoms in total. The number of rotatable bonds is 4. The van der Waals surface area contributed by atoms with E-state index in [9.17, 15) is 0 Å². The molecule has 0 spiro atoms. The summed E-state index contributed by atoms with van der Waals surface area (Å²) in [6.45, 7) is 6.34. The van der Waals surface area contributed by atoms with E-state index >= 15 is 0 Å². The average Bonchev–Trinajstić information content (AvgIpc) is 2.14. The van der Waals surface area contributed by atoms with Crippen molar-refractivity contribution in [3.8, 4) is 0 Å². The summed E-state index contributed by atoms with van der Waals surface area (Å²) in [6.07, 6.45) is 2.28. The second kappa shape index (κ2) is 7.32. The Labute approximate surface area is 113 Å². The Morgan fingerprint density at radius 2 is 1.71 bits per heavy atom. The molecule has 4 heteroatoms. The number of hydrogen-bond acceptors (Lipinski definition) is 0. The molecular formula is C10H14Br2Cl2. The normalized spacial score (nSPS) is 14.8. The Kier molecular flexibility index (Phi) is 7.85. The van der Waals surface area contributed by atoms with E-state index in [2.05, 4.69) is 45.7 Å². The molecule has 0 aromatic carbocycles. The van der Waals surface area contributed by atoms with Crippen LogP contribution >= 0.6 is 55.1 Å². The Balaban J connectivity index is 4.84. The van der Waals surface area contributed by atoms with Gasteiger partial charge in [-0.2, -0.15) is 0 Å². The van der Waals surface area contributed by atoms with E-state index in [0.717, 1.165) is 18.4 Å². The standard InChI is InChI=1S/C10H14Br2Cl2/c1-4-5-6(2)7(3)8(13)9(14)10(11)12/h6H,4-5H2,1-3H3/b8-7-. The van der Waals surface area contributed by atoms with Gasteiger partial charge in [-0.3, -0.25) is 0 Å². The lowest BCUT2D eigenvalue weighted by atomic mass is 9.97. The Bertz CT molecular complexity index is 253. The summed E-state index contributed by atoms with van der Waals surface area (Å²) in [7, 11) is 0. The highest BCUT2D eigenvalue weighted by Crippen LogP contribution is 2.34. The summed E-state index contributed by atoms with van der Waals surface area (Å²) in [5, 5.41) is 1.17. The molecule has 0 aliphatic rings. The number of halogens is 4. The van der Waals surface area contributed by atoms with Crippen molar-refractivity contribution in [1.29, 1.82) is 0 Å². The highest BCUT2D eigenvalue weighted by molar-refractivity contribution is 9.28. The second-order valence-electron chi connectivity index (χ2n) is 3.26. The molecular weight excluding hydrogens is 351 g/mol. The van der Waals surface area contributed by atoms with Crippen LogP contribution in [0.15, 0.2) is 19.0 Å². The quantitative estimate of drug-likeness (QED) is 0.526. The zero-order valence-electron chi connectivity index (χ0n) is 8.50. The van der Waals surface area contributed by atoms with Crippen LogP contribution in [0, 0.1) is 5.92 Å². The topological polar surface area (TPSA) is 0 Å². The highest BCUT2D eigenvalue weighted by atomic mass is 79.9. The van der Waals surface area contributed by atoms with Crippen molar-refractivity contribution in [3.05, 3.63) is 19.0 Å². The van der Waals surface area contributed by atoms with Gasteiger partial charge < -0.3 is 0 Å². The minimum absolute atomic E-state index is 0.473. The van der Waals surface area contributed by atoms with Gasteiger partial charge in [-0.15, -0.1) is 0 Å². The van der Waals surface area contributed by atoms with Crippen LogP contribution in [0.5, 0.6) is 0 Å². The first-order valence-electron chi connectivity index (χ1n) is 4.49. The summed E-state index contributed by atoms with van der Waals surface area (Å²) in [6, 6.07) is 0. The van der Waals surface area contributed by atoms with E-state index in [4.69, 9.17) is 23.2 Å². The third-order valence-corrected chi connectivity index (χ3v) is 4.38. The predicted octanol–water partition coefficient (Wildman–Crippen LogP) is 6.13. The number of allylic oxidation sites excluding steroid dienone is 3. The van der Waals surface area contributed by atoms with Crippen molar-refractivity contribution in [1.82, 2.24) is 0 Å². The zero-order valence-corrected chi connectivity index (χ0v) is 13.2. The van der Waals surface area contributed by atoms with E-state index in [0.29, 0.717) is 19.4 Å². The molecule has 82 valence electrons. The fraction of sp³-hybridized carbons (Fsp3) is 0.600. The van der Waals surface area contributed by atoms with Crippen molar-refractivity contribution in [2.45, 2.75) is 33.6 Å². The molecule has 0 aliphatic heterocycles. The fourth-order valence-electron chi connectivity index (χ4n) is 1.12. The predicted molar refractivity (Wildman–Crippen MR) is 73.4 cm³/mol. The summed E-state index contributed by atoms with van der Waals surface area (Å²) >= 11 is 18.6. The van der Waals surface area contributed by atoms with Crippen molar-refractivity contribution in [2.75, 3.05) is 0 Å². The molecule has 0 rings (SSSR count). The average molecular weight is 365 g/mol. The largest absolute Gasteiger partial charge is 0.0827 e. The lowest BCUT2D eigenvalue weighted by Crippen LogP contribution is -1.98. The van der Waals surface area contributed by atoms with E-state index in [1.165, 1.54) is 0 Å². The van der Waals surface area contributed by atoms with Gasteiger partial charge in [0.25, 0.3) is 0 Å². The second-order valence-corrected chi connectivity index (χ2v) is 6.67. The molecule has 0 heterocycles. The smallest absolute Gasteiger partial charge is 0.0805 e. The van der Waals surface area contributed by atoms with Crippen LogP contribution in [0.3, 0.4) is 0 Å². The Morgan fingerprint density at radius 1 is 1.21 bits per heavy atom. The maximum absolute atomic E-state index is 6.14. The monoisotopic (exact) mass is 362 g/mol. The first-order chi connectivity index (χ1) is 6.41. The first-order valence-corrected chi connectivity index (χ1v) is 6.83. The van der Waals surface area contributed by atoms with Crippen LogP contribution in [0.4, 0.5) is 0 Å². The lowest BCUT2D eigenvalue weighted by Gasteiger charge is -2.13. The lowest BCUT2D eigenvalue weighted by molar-refractivity contribution is 0.600. The molecule has 0 aromatic heterocycles. The first kappa shape index (κ1) is 15.0. The Hall–Kier alpha value is 1.02. The maximum atomic E-state index is 6.14. The van der Waals surface area contributed by atoms with Gasteiger partial charge in [0.05, 0.1) is 13.5 Å². The van der Waals surface area contributed by atoms with Gasteiger partial charge in [0, 0.05) is 0 Å². The molecule has 0 saturated carbocycles. The summed E-state index contributed by atoms with van der Waals surface area (Å²) in [5.41, 5.74) is 1.13. The van der Waals surface area contributed by atoms with Crippen LogP contribution in [0.1, 0.15) is 33.6 Å². The highest BCUT2D eigenvalue weighted by Gasteiger charge is 2.12. The SMILES string of the molecule is CCCC(C)/C(C)=C(\Cl)C(Cl)=C(Br)Br. The van der Waals surface area contributed by atoms with Crippen LogP contribution < -0.4 is 0 Å². The van der Waals surface area contributed by atoms with Crippen LogP contribution in [0.25, 0.3) is 0 Å². The molecule has 0 fully saturated rings. The van der Waals surface area contributed by atoms with Gasteiger partial charge in [0.1, 0.15) is 0 Å². The minimum Gasteiger partial charge on any atom is -0.0827 e. The summed E-state index contributed by atoms with van der Waals surface area (Å²) in [4.78, 5) is 0. The third-order valence-electron chi connectivity index (χ3n) is 2.17. The molecule has 14 heavy (non-hydrogen) atoms. The van der Waals surface area contributed by atoms with Gasteiger partial charge in [-0.05, 0) is 51.1 Å². The van der Waals surface area contributed by atoms with E-state index in [1.54, 1.807) is 0 Å². The molecule has 0 saturated heterocycles. The van der Waals surface area contributed by atoms with Crippen molar-refractivity contribution in [3.63, 3.8) is 0 Å². The van der Waals surface area contributed by atoms with Crippen molar-refractivity contribution >= 4 is 55.1 Å². The van der Waals surface area contributed by atoms with Gasteiger partial charge in [-0.25, -0.2) is 0 Å². The molecule has 0 aromatic rings. The van der Waals surface area contributed by atoms with Crippen LogP contribution in [-0.2, 0) is 0 Å².